The number of hydrogen-bond acceptors (Lipinski definition) is 3. The smallest absolute Gasteiger partial charge is 0.238 e. The van der Waals surface area contributed by atoms with Gasteiger partial charge in [-0.15, -0.1) is 11.8 Å². The summed E-state index contributed by atoms with van der Waals surface area (Å²) in [6.45, 7) is 6.57. The van der Waals surface area contributed by atoms with Gasteiger partial charge in [-0.3, -0.25) is 9.69 Å². The second kappa shape index (κ2) is 5.93. The molecule has 2 N–H and O–H groups in total. The van der Waals surface area contributed by atoms with Crippen molar-refractivity contribution >= 4 is 29.0 Å². The molecule has 1 heterocycles. The summed E-state index contributed by atoms with van der Waals surface area (Å²) >= 11 is 1.66. The number of thioether (sulfide) groups is 1. The summed E-state index contributed by atoms with van der Waals surface area (Å²) in [7, 11) is 0. The minimum absolute atomic E-state index is 0.0172. The Hall–Kier alpha value is -1.94. The van der Waals surface area contributed by atoms with Crippen molar-refractivity contribution in [2.45, 2.75) is 31.6 Å². The Balaban J connectivity index is 1.92. The highest BCUT2D eigenvalue weighted by atomic mass is 32.2. The highest BCUT2D eigenvalue weighted by Crippen LogP contribution is 2.42. The maximum Gasteiger partial charge on any atom is 0.238 e. The zero-order valence-corrected chi connectivity index (χ0v) is 14.6. The average Bonchev–Trinajstić information content (AvgIpc) is 2.89. The second-order valence-corrected chi connectivity index (χ2v) is 7.96. The molecule has 3 nitrogen and oxygen atoms in total. The Morgan fingerprint density at radius 3 is 2.22 bits per heavy atom. The number of carbonyl (C=O) groups excluding carboxylic acids is 1. The predicted octanol–water partition coefficient (Wildman–Crippen LogP) is 4.34. The first-order chi connectivity index (χ1) is 10.9. The summed E-state index contributed by atoms with van der Waals surface area (Å²) in [5.74, 6) is 0.663. The molecule has 1 aliphatic rings. The van der Waals surface area contributed by atoms with E-state index in [1.165, 1.54) is 5.56 Å². The number of rotatable bonds is 2. The lowest BCUT2D eigenvalue weighted by Crippen LogP contribution is -2.27. The minimum atomic E-state index is 0.0172. The van der Waals surface area contributed by atoms with Crippen LogP contribution in [0.3, 0.4) is 0 Å². The predicted molar refractivity (Wildman–Crippen MR) is 98.7 cm³/mol. The van der Waals surface area contributed by atoms with Crippen molar-refractivity contribution in [2.75, 3.05) is 16.4 Å². The van der Waals surface area contributed by atoms with Crippen molar-refractivity contribution < 1.29 is 4.79 Å². The van der Waals surface area contributed by atoms with E-state index in [-0.39, 0.29) is 16.7 Å². The van der Waals surface area contributed by atoms with E-state index in [1.807, 2.05) is 29.2 Å². The van der Waals surface area contributed by atoms with Crippen LogP contribution in [-0.4, -0.2) is 11.7 Å². The number of hydrogen-bond donors (Lipinski definition) is 1. The number of nitrogens with two attached hydrogens (primary N) is 1. The molecule has 2 aromatic rings. The van der Waals surface area contributed by atoms with Crippen LogP contribution in [0.4, 0.5) is 11.4 Å². The summed E-state index contributed by atoms with van der Waals surface area (Å²) in [5, 5.41) is 0.0172. The van der Waals surface area contributed by atoms with Gasteiger partial charge < -0.3 is 5.73 Å². The molecule has 1 saturated heterocycles. The molecule has 0 spiro atoms. The summed E-state index contributed by atoms with van der Waals surface area (Å²) in [6.07, 6.45) is 0. The standard InChI is InChI=1S/C19H22N2OS/c1-19(2,3)14-6-10-16(11-7-14)21-17(22)12-23-18(21)13-4-8-15(20)9-5-13/h4-11,18H,12,20H2,1-3H3/t18-/m1/s1. The maximum absolute atomic E-state index is 12.4. The number of nitrogen functional groups attached to an aromatic ring is 1. The third-order valence-electron chi connectivity index (χ3n) is 4.10. The summed E-state index contributed by atoms with van der Waals surface area (Å²) in [4.78, 5) is 14.3. The number of amides is 1. The molecule has 0 aliphatic carbocycles. The largest absolute Gasteiger partial charge is 0.399 e. The van der Waals surface area contributed by atoms with E-state index in [2.05, 4.69) is 45.0 Å². The van der Waals surface area contributed by atoms with Crippen LogP contribution in [-0.2, 0) is 10.2 Å². The minimum Gasteiger partial charge on any atom is -0.399 e. The molecule has 3 rings (SSSR count). The van der Waals surface area contributed by atoms with E-state index in [4.69, 9.17) is 5.73 Å². The molecule has 1 atom stereocenters. The van der Waals surface area contributed by atoms with E-state index in [1.54, 1.807) is 11.8 Å². The van der Waals surface area contributed by atoms with Gasteiger partial charge in [-0.25, -0.2) is 0 Å². The van der Waals surface area contributed by atoms with Crippen molar-refractivity contribution in [3.8, 4) is 0 Å². The van der Waals surface area contributed by atoms with Crippen LogP contribution < -0.4 is 10.6 Å². The normalized spacial score (nSPS) is 18.5. The lowest BCUT2D eigenvalue weighted by molar-refractivity contribution is -0.115. The van der Waals surface area contributed by atoms with E-state index in [9.17, 15) is 4.79 Å². The molecule has 23 heavy (non-hydrogen) atoms. The molecule has 120 valence electrons. The molecule has 0 aromatic heterocycles. The highest BCUT2D eigenvalue weighted by molar-refractivity contribution is 8.00. The summed E-state index contributed by atoms with van der Waals surface area (Å²) in [5.41, 5.74) is 9.95. The fourth-order valence-corrected chi connectivity index (χ4v) is 3.91. The second-order valence-electron chi connectivity index (χ2n) is 6.89. The van der Waals surface area contributed by atoms with Crippen LogP contribution in [0, 0.1) is 0 Å². The monoisotopic (exact) mass is 326 g/mol. The average molecular weight is 326 g/mol. The Bertz CT molecular complexity index is 702. The van der Waals surface area contributed by atoms with Gasteiger partial charge in [0.15, 0.2) is 0 Å². The Kier molecular flexibility index (Phi) is 4.11. The van der Waals surface area contributed by atoms with Gasteiger partial charge in [0.05, 0.1) is 5.75 Å². The Labute approximate surface area is 141 Å². The van der Waals surface area contributed by atoms with Crippen LogP contribution in [0.5, 0.6) is 0 Å². The van der Waals surface area contributed by atoms with E-state index in [0.717, 1.165) is 16.9 Å². The number of carbonyl (C=O) groups is 1. The maximum atomic E-state index is 12.4. The zero-order valence-electron chi connectivity index (χ0n) is 13.7. The number of anilines is 2. The molecular formula is C19H22N2OS. The molecule has 1 fully saturated rings. The molecule has 1 aliphatic heterocycles. The first-order valence-corrected chi connectivity index (χ1v) is 8.81. The first-order valence-electron chi connectivity index (χ1n) is 7.76. The third kappa shape index (κ3) is 3.22. The molecule has 4 heteroatoms. The fraction of sp³-hybridized carbons (Fsp3) is 0.316. The van der Waals surface area contributed by atoms with Crippen molar-refractivity contribution in [3.63, 3.8) is 0 Å². The topological polar surface area (TPSA) is 46.3 Å². The lowest BCUT2D eigenvalue weighted by atomic mass is 9.87. The zero-order chi connectivity index (χ0) is 16.6. The van der Waals surface area contributed by atoms with E-state index >= 15 is 0 Å². The van der Waals surface area contributed by atoms with Gasteiger partial charge in [0.2, 0.25) is 5.91 Å². The van der Waals surface area contributed by atoms with Crippen LogP contribution in [0.2, 0.25) is 0 Å². The third-order valence-corrected chi connectivity index (χ3v) is 5.31. The first kappa shape index (κ1) is 15.9. The molecule has 0 bridgehead atoms. The van der Waals surface area contributed by atoms with Crippen LogP contribution in [0.25, 0.3) is 0 Å². The van der Waals surface area contributed by atoms with Gasteiger partial charge in [0, 0.05) is 11.4 Å². The Morgan fingerprint density at radius 2 is 1.65 bits per heavy atom. The molecule has 1 amide bonds. The van der Waals surface area contributed by atoms with Crippen molar-refractivity contribution in [2.24, 2.45) is 0 Å². The van der Waals surface area contributed by atoms with Gasteiger partial charge in [-0.05, 0) is 40.8 Å². The molecule has 0 unspecified atom stereocenters. The molecule has 2 aromatic carbocycles. The van der Waals surface area contributed by atoms with Crippen molar-refractivity contribution in [1.29, 1.82) is 0 Å². The molecular weight excluding hydrogens is 304 g/mol. The summed E-state index contributed by atoms with van der Waals surface area (Å²) in [6, 6.07) is 16.1. The Morgan fingerprint density at radius 1 is 1.04 bits per heavy atom. The molecule has 0 radical (unpaired) electrons. The van der Waals surface area contributed by atoms with Crippen LogP contribution >= 0.6 is 11.8 Å². The SMILES string of the molecule is CC(C)(C)c1ccc(N2C(=O)CS[C@@H]2c2ccc(N)cc2)cc1. The number of nitrogens with zero attached hydrogens (tertiary/aromatic N) is 1. The molecule has 0 saturated carbocycles. The van der Waals surface area contributed by atoms with Crippen LogP contribution in [0.15, 0.2) is 48.5 Å². The summed E-state index contributed by atoms with van der Waals surface area (Å²) < 4.78 is 0. The number of benzene rings is 2. The van der Waals surface area contributed by atoms with Crippen LogP contribution in [0.1, 0.15) is 37.3 Å². The van der Waals surface area contributed by atoms with Crippen molar-refractivity contribution in [1.82, 2.24) is 0 Å². The lowest BCUT2D eigenvalue weighted by Gasteiger charge is -2.26. The van der Waals surface area contributed by atoms with E-state index in [0.29, 0.717) is 5.75 Å². The highest BCUT2D eigenvalue weighted by Gasteiger charge is 2.34. The van der Waals surface area contributed by atoms with Gasteiger partial charge in [-0.2, -0.15) is 0 Å². The van der Waals surface area contributed by atoms with Gasteiger partial charge in [-0.1, -0.05) is 45.0 Å². The van der Waals surface area contributed by atoms with E-state index < -0.39 is 0 Å². The quantitative estimate of drug-likeness (QED) is 0.835. The fourth-order valence-electron chi connectivity index (χ4n) is 2.73. The van der Waals surface area contributed by atoms with Gasteiger partial charge >= 0.3 is 0 Å². The van der Waals surface area contributed by atoms with Crippen molar-refractivity contribution in [3.05, 3.63) is 59.7 Å². The van der Waals surface area contributed by atoms with Gasteiger partial charge in [0.1, 0.15) is 5.37 Å². The van der Waals surface area contributed by atoms with Gasteiger partial charge in [0.25, 0.3) is 0 Å².